The predicted molar refractivity (Wildman–Crippen MR) is 137 cm³/mol. The lowest BCUT2D eigenvalue weighted by molar-refractivity contribution is -0.143. The van der Waals surface area contributed by atoms with E-state index in [0.29, 0.717) is 0 Å². The van der Waals surface area contributed by atoms with Crippen molar-refractivity contribution < 1.29 is 36.4 Å². The molecule has 0 aromatic heterocycles. The third-order valence-electron chi connectivity index (χ3n) is 6.41. The van der Waals surface area contributed by atoms with Crippen LogP contribution in [0.4, 0.5) is 8.78 Å². The summed E-state index contributed by atoms with van der Waals surface area (Å²) in [6.07, 6.45) is -1.92. The molecule has 36 heavy (non-hydrogen) atoms. The SMILES string of the molecule is CCOP(=O)(OCC)C(F)(F)[C@H]1CC(=O)O[C@@H]1CO[Si](c1ccccc1)(c1ccccc1)C(C)(C)C. The number of hydrogen-bond acceptors (Lipinski definition) is 6. The van der Waals surface area contributed by atoms with Gasteiger partial charge in [0, 0.05) is 0 Å². The fraction of sp³-hybridized carbons (Fsp3) is 0.500. The van der Waals surface area contributed by atoms with Crippen molar-refractivity contribution in [1.29, 1.82) is 0 Å². The quantitative estimate of drug-likeness (QED) is 0.217. The molecule has 0 aliphatic carbocycles. The summed E-state index contributed by atoms with van der Waals surface area (Å²) in [4.78, 5) is 12.2. The molecule has 2 aromatic rings. The van der Waals surface area contributed by atoms with E-state index in [1.807, 2.05) is 60.7 Å². The second-order valence-electron chi connectivity index (χ2n) is 9.73. The highest BCUT2D eigenvalue weighted by atomic mass is 31.2. The van der Waals surface area contributed by atoms with Gasteiger partial charge < -0.3 is 18.2 Å². The van der Waals surface area contributed by atoms with Crippen LogP contribution in [-0.4, -0.2) is 45.9 Å². The summed E-state index contributed by atoms with van der Waals surface area (Å²) in [7, 11) is -7.93. The monoisotopic (exact) mass is 540 g/mol. The maximum atomic E-state index is 15.7. The first-order valence-corrected chi connectivity index (χ1v) is 15.6. The number of carbonyl (C=O) groups is 1. The Morgan fingerprint density at radius 3 is 1.83 bits per heavy atom. The van der Waals surface area contributed by atoms with Gasteiger partial charge in [0.15, 0.2) is 0 Å². The van der Waals surface area contributed by atoms with Crippen molar-refractivity contribution in [2.24, 2.45) is 5.92 Å². The van der Waals surface area contributed by atoms with Gasteiger partial charge in [0.1, 0.15) is 6.10 Å². The number of halogens is 2. The highest BCUT2D eigenvalue weighted by Crippen LogP contribution is 2.66. The van der Waals surface area contributed by atoms with Crippen molar-refractivity contribution in [3.63, 3.8) is 0 Å². The molecular weight excluding hydrogens is 505 g/mol. The minimum absolute atomic E-state index is 0.225. The first-order chi connectivity index (χ1) is 16.9. The molecule has 1 saturated heterocycles. The van der Waals surface area contributed by atoms with E-state index in [4.69, 9.17) is 18.2 Å². The van der Waals surface area contributed by atoms with Crippen LogP contribution in [-0.2, 0) is 27.6 Å². The molecule has 0 unspecified atom stereocenters. The van der Waals surface area contributed by atoms with Crippen LogP contribution < -0.4 is 10.4 Å². The number of hydrogen-bond donors (Lipinski definition) is 0. The molecule has 1 fully saturated rings. The van der Waals surface area contributed by atoms with Crippen LogP contribution in [0.1, 0.15) is 41.0 Å². The van der Waals surface area contributed by atoms with Crippen molar-refractivity contribution >= 4 is 32.3 Å². The molecule has 3 rings (SSSR count). The van der Waals surface area contributed by atoms with Crippen molar-refractivity contribution in [2.75, 3.05) is 19.8 Å². The normalized spacial score (nSPS) is 19.4. The average molecular weight is 541 g/mol. The number of alkyl halides is 2. The number of benzene rings is 2. The maximum absolute atomic E-state index is 15.7. The zero-order valence-electron chi connectivity index (χ0n) is 21.4. The van der Waals surface area contributed by atoms with Crippen molar-refractivity contribution in [1.82, 2.24) is 0 Å². The van der Waals surface area contributed by atoms with Crippen LogP contribution in [0.5, 0.6) is 0 Å². The van der Waals surface area contributed by atoms with E-state index < -0.39 is 51.0 Å². The molecule has 6 nitrogen and oxygen atoms in total. The molecule has 0 amide bonds. The lowest BCUT2D eigenvalue weighted by Crippen LogP contribution is -2.67. The fourth-order valence-electron chi connectivity index (χ4n) is 4.83. The number of cyclic esters (lactones) is 1. The highest BCUT2D eigenvalue weighted by molar-refractivity contribution is 7.55. The number of ether oxygens (including phenoxy) is 1. The average Bonchev–Trinajstić information content (AvgIpc) is 3.21. The van der Waals surface area contributed by atoms with Crippen LogP contribution >= 0.6 is 7.60 Å². The number of rotatable bonds is 11. The van der Waals surface area contributed by atoms with E-state index in [9.17, 15) is 9.36 Å². The molecule has 10 heteroatoms. The minimum atomic E-state index is -4.86. The Morgan fingerprint density at radius 1 is 0.944 bits per heavy atom. The molecule has 1 heterocycles. The lowest BCUT2D eigenvalue weighted by atomic mass is 10.0. The van der Waals surface area contributed by atoms with Crippen LogP contribution in [0.3, 0.4) is 0 Å². The van der Waals surface area contributed by atoms with Gasteiger partial charge in [-0.3, -0.25) is 9.36 Å². The summed E-state index contributed by atoms with van der Waals surface area (Å²) in [6, 6.07) is 19.4. The number of carbonyl (C=O) groups excluding carboxylic acids is 1. The molecule has 0 bridgehead atoms. The van der Waals surface area contributed by atoms with E-state index >= 15 is 8.78 Å². The molecule has 0 saturated carbocycles. The smallest absolute Gasteiger partial charge is 0.400 e. The van der Waals surface area contributed by atoms with Gasteiger partial charge >= 0.3 is 19.2 Å². The first kappa shape index (κ1) is 28.7. The van der Waals surface area contributed by atoms with Gasteiger partial charge in [0.2, 0.25) is 0 Å². The van der Waals surface area contributed by atoms with Crippen LogP contribution in [0, 0.1) is 5.92 Å². The summed E-state index contributed by atoms with van der Waals surface area (Å²) < 4.78 is 66.4. The first-order valence-electron chi connectivity index (χ1n) is 12.1. The van der Waals surface area contributed by atoms with Crippen LogP contribution in [0.25, 0.3) is 0 Å². The standard InChI is InChI=1S/C26H35F2O6PSi/c1-6-31-35(30,32-7-2)26(27,28)22-18-24(29)34-23(22)19-33-36(25(3,4)5,20-14-10-8-11-15-20)21-16-12-9-13-17-21/h8-17,22-23H,6-7,18-19H2,1-5H3/t22-,23+/m0/s1. The summed E-state index contributed by atoms with van der Waals surface area (Å²) in [5, 5.41) is 1.53. The Hall–Kier alpha value is -1.90. The second kappa shape index (κ2) is 11.2. The largest absolute Gasteiger partial charge is 0.459 e. The highest BCUT2D eigenvalue weighted by Gasteiger charge is 2.64. The van der Waals surface area contributed by atoms with E-state index in [1.54, 1.807) is 0 Å². The van der Waals surface area contributed by atoms with Gasteiger partial charge in [-0.05, 0) is 29.3 Å². The predicted octanol–water partition coefficient (Wildman–Crippen LogP) is 5.35. The van der Waals surface area contributed by atoms with Gasteiger partial charge in [-0.25, -0.2) is 0 Å². The summed E-state index contributed by atoms with van der Waals surface area (Å²) in [6.45, 7) is 8.37. The van der Waals surface area contributed by atoms with Gasteiger partial charge in [-0.15, -0.1) is 0 Å². The Balaban J connectivity index is 2.03. The Labute approximate surface area is 213 Å². The molecule has 1 aliphatic rings. The molecular formula is C26H35F2O6PSi. The molecule has 0 radical (unpaired) electrons. The molecule has 2 aromatic carbocycles. The zero-order chi connectivity index (χ0) is 26.6. The van der Waals surface area contributed by atoms with Gasteiger partial charge in [0.25, 0.3) is 8.32 Å². The molecule has 0 N–H and O–H groups in total. The van der Waals surface area contributed by atoms with E-state index in [-0.39, 0.29) is 19.8 Å². The van der Waals surface area contributed by atoms with Crippen molar-refractivity contribution in [2.45, 2.75) is 57.8 Å². The minimum Gasteiger partial charge on any atom is -0.459 e. The Morgan fingerprint density at radius 2 is 1.42 bits per heavy atom. The molecule has 198 valence electrons. The van der Waals surface area contributed by atoms with E-state index in [1.165, 1.54) is 13.8 Å². The lowest BCUT2D eigenvalue weighted by Gasteiger charge is -2.43. The van der Waals surface area contributed by atoms with Gasteiger partial charge in [0.05, 0.1) is 32.2 Å². The van der Waals surface area contributed by atoms with Crippen LogP contribution in [0.15, 0.2) is 60.7 Å². The topological polar surface area (TPSA) is 71.1 Å². The second-order valence-corrected chi connectivity index (χ2v) is 16.1. The van der Waals surface area contributed by atoms with E-state index in [2.05, 4.69) is 20.8 Å². The molecule has 0 spiro atoms. The van der Waals surface area contributed by atoms with E-state index in [0.717, 1.165) is 10.4 Å². The van der Waals surface area contributed by atoms with Gasteiger partial charge in [-0.1, -0.05) is 81.4 Å². The molecule has 2 atom stereocenters. The van der Waals surface area contributed by atoms with Crippen LogP contribution in [0.2, 0.25) is 5.04 Å². The maximum Gasteiger partial charge on any atom is 0.400 e. The van der Waals surface area contributed by atoms with Gasteiger partial charge in [-0.2, -0.15) is 8.78 Å². The molecule has 1 aliphatic heterocycles. The summed E-state index contributed by atoms with van der Waals surface area (Å²) in [5.41, 5.74) is -3.94. The third-order valence-corrected chi connectivity index (χ3v) is 13.7. The Bertz CT molecular complexity index is 1010. The zero-order valence-corrected chi connectivity index (χ0v) is 23.3. The third kappa shape index (κ3) is 5.36. The fourth-order valence-corrected chi connectivity index (χ4v) is 11.2. The summed E-state index contributed by atoms with van der Waals surface area (Å²) in [5.74, 6) is -2.51. The summed E-state index contributed by atoms with van der Waals surface area (Å²) >= 11 is 0. The number of esters is 1. The van der Waals surface area contributed by atoms with Crippen molar-refractivity contribution in [3.8, 4) is 0 Å². The van der Waals surface area contributed by atoms with Crippen molar-refractivity contribution in [3.05, 3.63) is 60.7 Å². The Kier molecular flexibility index (Phi) is 8.94.